The van der Waals surface area contributed by atoms with Crippen LogP contribution in [0.5, 0.6) is 0 Å². The third-order valence-electron chi connectivity index (χ3n) is 5.20. The molecule has 1 N–H and O–H groups in total. The summed E-state index contributed by atoms with van der Waals surface area (Å²) < 4.78 is 27.8. The highest BCUT2D eigenvalue weighted by Gasteiger charge is 2.37. The van der Waals surface area contributed by atoms with Crippen LogP contribution in [-0.2, 0) is 10.0 Å². The molecule has 162 valence electrons. The number of aryl methyl sites for hydroxylation is 1. The van der Waals surface area contributed by atoms with Crippen molar-refractivity contribution < 1.29 is 13.2 Å². The molecule has 4 rings (SSSR count). The number of amides is 1. The summed E-state index contributed by atoms with van der Waals surface area (Å²) in [5.74, 6) is -0.116. The minimum absolute atomic E-state index is 0.133. The second-order valence-corrected chi connectivity index (χ2v) is 9.84. The fourth-order valence-corrected chi connectivity index (χ4v) is 4.57. The van der Waals surface area contributed by atoms with Gasteiger partial charge in [-0.25, -0.2) is 13.4 Å². The number of aromatic nitrogens is 4. The van der Waals surface area contributed by atoms with Crippen molar-refractivity contribution in [2.24, 2.45) is 0 Å². The standard InChI is InChI=1S/C21H24N6O3S/c1-13(2)26-12-23-20(25-26)18-11-27(31(4,29)30)19-6-5-15(10-17(18)19)21(28)24-16-7-8-22-14(3)9-16/h5-10,12-13,18H,11H2,1-4H3,(H,22,24,28). The van der Waals surface area contributed by atoms with E-state index in [1.54, 1.807) is 47.5 Å². The molecular weight excluding hydrogens is 416 g/mol. The fourth-order valence-electron chi connectivity index (χ4n) is 3.62. The van der Waals surface area contributed by atoms with Gasteiger partial charge in [0.05, 0.1) is 17.9 Å². The zero-order valence-corrected chi connectivity index (χ0v) is 18.6. The number of carbonyl (C=O) groups is 1. The Hall–Kier alpha value is -3.27. The second kappa shape index (κ2) is 7.77. The van der Waals surface area contributed by atoms with E-state index in [-0.39, 0.29) is 24.4 Å². The van der Waals surface area contributed by atoms with Crippen molar-refractivity contribution in [1.29, 1.82) is 0 Å². The maximum atomic E-state index is 12.8. The van der Waals surface area contributed by atoms with E-state index in [9.17, 15) is 13.2 Å². The van der Waals surface area contributed by atoms with Crippen LogP contribution in [0.15, 0.2) is 42.9 Å². The van der Waals surface area contributed by atoms with Gasteiger partial charge >= 0.3 is 0 Å². The molecule has 1 amide bonds. The number of nitrogens with one attached hydrogen (secondary N) is 1. The molecule has 3 aromatic rings. The van der Waals surface area contributed by atoms with E-state index in [1.165, 1.54) is 10.6 Å². The topological polar surface area (TPSA) is 110 Å². The molecule has 31 heavy (non-hydrogen) atoms. The van der Waals surface area contributed by atoms with E-state index in [0.717, 1.165) is 5.69 Å². The maximum absolute atomic E-state index is 12.8. The molecule has 1 aromatic carbocycles. The molecule has 2 aromatic heterocycles. The van der Waals surface area contributed by atoms with Crippen molar-refractivity contribution in [3.63, 3.8) is 0 Å². The molecule has 0 radical (unpaired) electrons. The lowest BCUT2D eigenvalue weighted by Crippen LogP contribution is -2.29. The molecule has 1 unspecified atom stereocenters. The predicted molar refractivity (Wildman–Crippen MR) is 118 cm³/mol. The van der Waals surface area contributed by atoms with Crippen LogP contribution in [0, 0.1) is 6.92 Å². The SMILES string of the molecule is Cc1cc(NC(=O)c2ccc3c(c2)C(c2ncn(C(C)C)n2)CN3S(C)(=O)=O)ccn1. The number of sulfonamides is 1. The summed E-state index contributed by atoms with van der Waals surface area (Å²) in [6.45, 7) is 6.03. The van der Waals surface area contributed by atoms with Gasteiger partial charge in [-0.15, -0.1) is 0 Å². The van der Waals surface area contributed by atoms with Gasteiger partial charge in [-0.3, -0.25) is 18.8 Å². The van der Waals surface area contributed by atoms with E-state index < -0.39 is 10.0 Å². The van der Waals surface area contributed by atoms with E-state index in [0.29, 0.717) is 28.3 Å². The maximum Gasteiger partial charge on any atom is 0.255 e. The average Bonchev–Trinajstić information content (AvgIpc) is 3.32. The van der Waals surface area contributed by atoms with Crippen LogP contribution < -0.4 is 9.62 Å². The number of rotatable bonds is 5. The van der Waals surface area contributed by atoms with Crippen molar-refractivity contribution in [3.05, 3.63) is 65.5 Å². The molecule has 0 spiro atoms. The molecule has 1 atom stereocenters. The summed E-state index contributed by atoms with van der Waals surface area (Å²) >= 11 is 0. The number of anilines is 2. The molecule has 0 aliphatic carbocycles. The smallest absolute Gasteiger partial charge is 0.255 e. The van der Waals surface area contributed by atoms with Crippen molar-refractivity contribution in [1.82, 2.24) is 19.7 Å². The molecule has 0 saturated heterocycles. The molecule has 0 fully saturated rings. The Bertz CT molecular complexity index is 1250. The molecule has 0 bridgehead atoms. The first kappa shape index (κ1) is 21.0. The van der Waals surface area contributed by atoms with Gasteiger partial charge in [0.1, 0.15) is 6.33 Å². The van der Waals surface area contributed by atoms with Gasteiger partial charge in [-0.1, -0.05) is 0 Å². The minimum atomic E-state index is -3.49. The summed E-state index contributed by atoms with van der Waals surface area (Å²) in [5.41, 5.74) is 3.12. The van der Waals surface area contributed by atoms with Crippen LogP contribution in [0.25, 0.3) is 0 Å². The van der Waals surface area contributed by atoms with Crippen LogP contribution in [0.2, 0.25) is 0 Å². The van der Waals surface area contributed by atoms with E-state index in [4.69, 9.17) is 0 Å². The number of benzene rings is 1. The summed E-state index contributed by atoms with van der Waals surface area (Å²) in [6.07, 6.45) is 4.45. The van der Waals surface area contributed by atoms with Crippen LogP contribution in [-0.4, -0.2) is 46.9 Å². The Balaban J connectivity index is 1.71. The normalized spacial score (nSPS) is 15.9. The highest BCUT2D eigenvalue weighted by molar-refractivity contribution is 7.92. The molecule has 9 nitrogen and oxygen atoms in total. The first-order valence-corrected chi connectivity index (χ1v) is 11.7. The third-order valence-corrected chi connectivity index (χ3v) is 6.35. The summed E-state index contributed by atoms with van der Waals surface area (Å²) in [5, 5.41) is 7.39. The van der Waals surface area contributed by atoms with Crippen LogP contribution in [0.3, 0.4) is 0 Å². The lowest BCUT2D eigenvalue weighted by molar-refractivity contribution is 0.102. The van der Waals surface area contributed by atoms with Gasteiger partial charge < -0.3 is 5.32 Å². The van der Waals surface area contributed by atoms with Crippen molar-refractivity contribution in [2.45, 2.75) is 32.7 Å². The zero-order valence-electron chi connectivity index (χ0n) is 17.8. The Kier molecular flexibility index (Phi) is 5.26. The Labute approximate surface area is 181 Å². The van der Waals surface area contributed by atoms with E-state index in [2.05, 4.69) is 20.4 Å². The monoisotopic (exact) mass is 440 g/mol. The third kappa shape index (κ3) is 4.15. The average molecular weight is 441 g/mol. The molecule has 1 aliphatic heterocycles. The molecule has 1 aliphatic rings. The van der Waals surface area contributed by atoms with Crippen molar-refractivity contribution in [2.75, 3.05) is 22.4 Å². The number of nitrogens with zero attached hydrogens (tertiary/aromatic N) is 5. The lowest BCUT2D eigenvalue weighted by Gasteiger charge is -2.16. The number of fused-ring (bicyclic) bond motifs is 1. The number of hydrogen-bond donors (Lipinski definition) is 1. The van der Waals surface area contributed by atoms with Gasteiger partial charge in [0.15, 0.2) is 5.82 Å². The quantitative estimate of drug-likeness (QED) is 0.653. The number of pyridine rings is 1. The highest BCUT2D eigenvalue weighted by atomic mass is 32.2. The number of hydrogen-bond acceptors (Lipinski definition) is 6. The van der Waals surface area contributed by atoms with Crippen LogP contribution in [0.4, 0.5) is 11.4 Å². The molecule has 10 heteroatoms. The zero-order chi connectivity index (χ0) is 22.3. The molecule has 3 heterocycles. The molecule has 0 saturated carbocycles. The van der Waals surface area contributed by atoms with Gasteiger partial charge in [0, 0.05) is 35.7 Å². The summed E-state index contributed by atoms with van der Waals surface area (Å²) in [6, 6.07) is 8.65. The minimum Gasteiger partial charge on any atom is -0.322 e. The van der Waals surface area contributed by atoms with Crippen LogP contribution >= 0.6 is 0 Å². The van der Waals surface area contributed by atoms with Crippen LogP contribution in [0.1, 0.15) is 53.2 Å². The van der Waals surface area contributed by atoms with E-state index >= 15 is 0 Å². The predicted octanol–water partition coefficient (Wildman–Crippen LogP) is 2.73. The second-order valence-electron chi connectivity index (χ2n) is 7.94. The highest BCUT2D eigenvalue weighted by Crippen LogP contribution is 2.41. The Morgan fingerprint density at radius 3 is 2.61 bits per heavy atom. The number of carbonyl (C=O) groups excluding carboxylic acids is 1. The molecular formula is C21H24N6O3S. The summed E-state index contributed by atoms with van der Waals surface area (Å²) in [7, 11) is -3.49. The Morgan fingerprint density at radius 2 is 1.97 bits per heavy atom. The van der Waals surface area contributed by atoms with E-state index in [1.807, 2.05) is 20.8 Å². The fraction of sp³-hybridized carbons (Fsp3) is 0.333. The van der Waals surface area contributed by atoms with Crippen molar-refractivity contribution in [3.8, 4) is 0 Å². The summed E-state index contributed by atoms with van der Waals surface area (Å²) in [4.78, 5) is 21.4. The largest absolute Gasteiger partial charge is 0.322 e. The lowest BCUT2D eigenvalue weighted by atomic mass is 9.98. The van der Waals surface area contributed by atoms with Gasteiger partial charge in [0.25, 0.3) is 5.91 Å². The Morgan fingerprint density at radius 1 is 1.19 bits per heavy atom. The van der Waals surface area contributed by atoms with Crippen molar-refractivity contribution >= 4 is 27.3 Å². The first-order chi connectivity index (χ1) is 14.6. The van der Waals surface area contributed by atoms with Gasteiger partial charge in [-0.05, 0) is 56.7 Å². The first-order valence-electron chi connectivity index (χ1n) is 9.90. The van der Waals surface area contributed by atoms with Gasteiger partial charge in [0.2, 0.25) is 10.0 Å². The van der Waals surface area contributed by atoms with Gasteiger partial charge in [-0.2, -0.15) is 5.10 Å².